The molecule has 4 rings (SSSR count). The van der Waals surface area contributed by atoms with Gasteiger partial charge in [-0.15, -0.1) is 12.4 Å². The van der Waals surface area contributed by atoms with Crippen molar-refractivity contribution in [3.63, 3.8) is 0 Å². The Bertz CT molecular complexity index is 963. The number of rotatable bonds is 5. The fourth-order valence-corrected chi connectivity index (χ4v) is 3.53. The highest BCUT2D eigenvalue weighted by atomic mass is 35.5. The first-order valence-electron chi connectivity index (χ1n) is 9.22. The average Bonchev–Trinajstić information content (AvgIpc) is 3.32. The molecule has 1 aliphatic heterocycles. The average molecular weight is 415 g/mol. The van der Waals surface area contributed by atoms with Crippen molar-refractivity contribution in [1.82, 2.24) is 15.0 Å². The molecule has 1 saturated heterocycles. The molecule has 29 heavy (non-hydrogen) atoms. The lowest BCUT2D eigenvalue weighted by atomic mass is 9.95. The monoisotopic (exact) mass is 414 g/mol. The van der Waals surface area contributed by atoms with Crippen molar-refractivity contribution in [3.8, 4) is 5.75 Å². The highest BCUT2D eigenvalue weighted by Gasteiger charge is 2.35. The third kappa shape index (κ3) is 4.58. The summed E-state index contributed by atoms with van der Waals surface area (Å²) in [7, 11) is 0. The number of hydrogen-bond acceptors (Lipinski definition) is 6. The fourth-order valence-electron chi connectivity index (χ4n) is 3.53. The molecular formula is C21H23ClN4O3. The molecule has 0 radical (unpaired) electrons. The molecule has 0 unspecified atom stereocenters. The Balaban J connectivity index is 0.00000240. The first kappa shape index (κ1) is 20.8. The molecule has 2 atom stereocenters. The minimum atomic E-state index is -0.0956. The molecule has 2 aromatic carbocycles. The van der Waals surface area contributed by atoms with Crippen LogP contribution in [-0.4, -0.2) is 40.1 Å². The van der Waals surface area contributed by atoms with Gasteiger partial charge in [0.1, 0.15) is 5.75 Å². The highest BCUT2D eigenvalue weighted by molar-refractivity contribution is 5.97. The molecule has 3 aromatic rings. The number of benzene rings is 2. The lowest BCUT2D eigenvalue weighted by molar-refractivity contribution is 0.0784. The van der Waals surface area contributed by atoms with E-state index in [2.05, 4.69) is 22.3 Å². The number of ether oxygens (including phenoxy) is 1. The van der Waals surface area contributed by atoms with Crippen molar-refractivity contribution in [2.24, 2.45) is 5.73 Å². The summed E-state index contributed by atoms with van der Waals surface area (Å²) in [6, 6.07) is 17.2. The SMILES string of the molecule is Cc1nc(COc2ccccc2C(=O)N2C[C@@H](N)[C@H](c3ccccc3)C2)no1.Cl. The maximum absolute atomic E-state index is 13.1. The summed E-state index contributed by atoms with van der Waals surface area (Å²) >= 11 is 0. The van der Waals surface area contributed by atoms with Crippen LogP contribution in [0, 0.1) is 6.92 Å². The zero-order valence-electron chi connectivity index (χ0n) is 16.0. The molecule has 1 aliphatic rings. The second-order valence-electron chi connectivity index (χ2n) is 6.91. The second kappa shape index (κ2) is 9.07. The summed E-state index contributed by atoms with van der Waals surface area (Å²) in [4.78, 5) is 19.1. The molecule has 8 heteroatoms. The fraction of sp³-hybridized carbons (Fsp3) is 0.286. The number of halogens is 1. The van der Waals surface area contributed by atoms with Gasteiger partial charge in [0.05, 0.1) is 5.56 Å². The molecule has 0 aliphatic carbocycles. The number of amides is 1. The van der Waals surface area contributed by atoms with E-state index in [0.29, 0.717) is 36.1 Å². The Morgan fingerprint density at radius 1 is 1.17 bits per heavy atom. The Morgan fingerprint density at radius 2 is 1.90 bits per heavy atom. The van der Waals surface area contributed by atoms with Gasteiger partial charge >= 0.3 is 0 Å². The van der Waals surface area contributed by atoms with Crippen LogP contribution in [0.15, 0.2) is 59.1 Å². The molecule has 1 amide bonds. The van der Waals surface area contributed by atoms with Crippen molar-refractivity contribution in [1.29, 1.82) is 0 Å². The van der Waals surface area contributed by atoms with Crippen LogP contribution in [0.5, 0.6) is 5.75 Å². The maximum Gasteiger partial charge on any atom is 0.257 e. The van der Waals surface area contributed by atoms with Gasteiger partial charge in [0.15, 0.2) is 6.61 Å². The van der Waals surface area contributed by atoms with E-state index in [4.69, 9.17) is 15.0 Å². The van der Waals surface area contributed by atoms with Gasteiger partial charge in [0.2, 0.25) is 11.7 Å². The predicted molar refractivity (Wildman–Crippen MR) is 110 cm³/mol. The molecular weight excluding hydrogens is 392 g/mol. The van der Waals surface area contributed by atoms with Gasteiger partial charge < -0.3 is 19.9 Å². The van der Waals surface area contributed by atoms with Crippen molar-refractivity contribution in [2.75, 3.05) is 13.1 Å². The van der Waals surface area contributed by atoms with Gasteiger partial charge in [-0.05, 0) is 17.7 Å². The first-order valence-corrected chi connectivity index (χ1v) is 9.22. The Hall–Kier alpha value is -2.90. The number of likely N-dealkylation sites (tertiary alicyclic amines) is 1. The van der Waals surface area contributed by atoms with E-state index in [0.717, 1.165) is 5.56 Å². The number of carbonyl (C=O) groups is 1. The van der Waals surface area contributed by atoms with Gasteiger partial charge in [0.25, 0.3) is 5.91 Å². The topological polar surface area (TPSA) is 94.5 Å². The third-order valence-electron chi connectivity index (χ3n) is 4.92. The summed E-state index contributed by atoms with van der Waals surface area (Å²) in [5.41, 5.74) is 8.00. The number of nitrogens with zero attached hydrogens (tertiary/aromatic N) is 3. The molecule has 152 valence electrons. The predicted octanol–water partition coefficient (Wildman–Crippen LogP) is 2.95. The van der Waals surface area contributed by atoms with E-state index in [9.17, 15) is 4.79 Å². The molecule has 2 N–H and O–H groups in total. The van der Waals surface area contributed by atoms with Gasteiger partial charge in [-0.1, -0.05) is 47.6 Å². The zero-order valence-corrected chi connectivity index (χ0v) is 16.8. The molecule has 1 aromatic heterocycles. The van der Waals surface area contributed by atoms with E-state index in [1.54, 1.807) is 24.0 Å². The van der Waals surface area contributed by atoms with Crippen molar-refractivity contribution >= 4 is 18.3 Å². The summed E-state index contributed by atoms with van der Waals surface area (Å²) in [5.74, 6) is 1.44. The van der Waals surface area contributed by atoms with E-state index in [-0.39, 0.29) is 36.9 Å². The number of aryl methyl sites for hydroxylation is 1. The molecule has 0 spiro atoms. The largest absolute Gasteiger partial charge is 0.485 e. The van der Waals surface area contributed by atoms with Crippen LogP contribution in [0.4, 0.5) is 0 Å². The summed E-state index contributed by atoms with van der Waals surface area (Å²) in [6.45, 7) is 2.95. The van der Waals surface area contributed by atoms with Crippen molar-refractivity contribution in [3.05, 3.63) is 77.4 Å². The first-order chi connectivity index (χ1) is 13.6. The smallest absolute Gasteiger partial charge is 0.257 e. The normalized spacial score (nSPS) is 18.3. The van der Waals surface area contributed by atoms with Gasteiger partial charge in [-0.25, -0.2) is 0 Å². The highest BCUT2D eigenvalue weighted by Crippen LogP contribution is 2.29. The quantitative estimate of drug-likeness (QED) is 0.689. The summed E-state index contributed by atoms with van der Waals surface area (Å²) in [6.07, 6.45) is 0. The number of para-hydroxylation sites is 1. The van der Waals surface area contributed by atoms with Crippen LogP contribution >= 0.6 is 12.4 Å². The third-order valence-corrected chi connectivity index (χ3v) is 4.92. The molecule has 1 fully saturated rings. The Labute approximate surface area is 175 Å². The van der Waals surface area contributed by atoms with Crippen LogP contribution in [0.2, 0.25) is 0 Å². The van der Waals surface area contributed by atoms with Crippen molar-refractivity contribution in [2.45, 2.75) is 25.5 Å². The minimum absolute atomic E-state index is 0. The maximum atomic E-state index is 13.1. The number of aromatic nitrogens is 2. The number of nitrogens with two attached hydrogens (primary N) is 1. The molecule has 2 heterocycles. The molecule has 0 saturated carbocycles. The van der Waals surface area contributed by atoms with Crippen LogP contribution in [0.25, 0.3) is 0 Å². The van der Waals surface area contributed by atoms with Crippen LogP contribution in [0.1, 0.15) is 33.6 Å². The summed E-state index contributed by atoms with van der Waals surface area (Å²) in [5, 5.41) is 3.81. The summed E-state index contributed by atoms with van der Waals surface area (Å²) < 4.78 is 10.7. The molecule has 0 bridgehead atoms. The molecule has 7 nitrogen and oxygen atoms in total. The van der Waals surface area contributed by atoms with Crippen LogP contribution in [0.3, 0.4) is 0 Å². The van der Waals surface area contributed by atoms with Gasteiger partial charge in [0, 0.05) is 32.0 Å². The number of hydrogen-bond donors (Lipinski definition) is 1. The lowest BCUT2D eigenvalue weighted by Crippen LogP contribution is -2.32. The Kier molecular flexibility index (Phi) is 6.51. The van der Waals surface area contributed by atoms with E-state index >= 15 is 0 Å². The van der Waals surface area contributed by atoms with E-state index in [1.165, 1.54) is 0 Å². The van der Waals surface area contributed by atoms with Gasteiger partial charge in [-0.3, -0.25) is 4.79 Å². The van der Waals surface area contributed by atoms with Crippen LogP contribution < -0.4 is 10.5 Å². The van der Waals surface area contributed by atoms with E-state index < -0.39 is 0 Å². The van der Waals surface area contributed by atoms with E-state index in [1.807, 2.05) is 30.3 Å². The standard InChI is InChI=1S/C21H22N4O3.ClH/c1-14-23-20(24-28-14)13-27-19-10-6-5-9-16(19)21(26)25-11-17(18(22)12-25)15-7-3-2-4-8-15;/h2-10,17-18H,11-13,22H2,1H3;1H/t17-,18+;/m0./s1. The minimum Gasteiger partial charge on any atom is -0.485 e. The Morgan fingerprint density at radius 3 is 2.62 bits per heavy atom. The zero-order chi connectivity index (χ0) is 19.5. The van der Waals surface area contributed by atoms with Crippen LogP contribution in [-0.2, 0) is 6.61 Å². The lowest BCUT2D eigenvalue weighted by Gasteiger charge is -2.18. The number of carbonyl (C=O) groups excluding carboxylic acids is 1. The second-order valence-corrected chi connectivity index (χ2v) is 6.91. The van der Waals surface area contributed by atoms with Crippen molar-refractivity contribution < 1.29 is 14.1 Å². The van der Waals surface area contributed by atoms with Gasteiger partial charge in [-0.2, -0.15) is 4.98 Å².